The Balaban J connectivity index is 1.53. The standard InChI is InChI=1S/C17H19N3O3/c1-11-8-16(21)20-15(19-11)6-7-18-17(22)13-9-12-4-2-3-5-14(12)23-10-13/h2-5,8,13H,6-7,9-10H2,1H3,(H,18,22)(H,19,20,21). The van der Waals surface area contributed by atoms with E-state index >= 15 is 0 Å². The van der Waals surface area contributed by atoms with Gasteiger partial charge in [-0.05, 0) is 25.0 Å². The monoisotopic (exact) mass is 313 g/mol. The number of amides is 1. The highest BCUT2D eigenvalue weighted by molar-refractivity contribution is 5.79. The molecule has 6 nitrogen and oxygen atoms in total. The van der Waals surface area contributed by atoms with Gasteiger partial charge in [-0.3, -0.25) is 9.59 Å². The number of H-pyrrole nitrogens is 1. The molecule has 1 aliphatic rings. The molecule has 120 valence electrons. The summed E-state index contributed by atoms with van der Waals surface area (Å²) in [5, 5.41) is 2.89. The quantitative estimate of drug-likeness (QED) is 0.881. The lowest BCUT2D eigenvalue weighted by atomic mass is 9.96. The van der Waals surface area contributed by atoms with Crippen LogP contribution in [-0.2, 0) is 17.6 Å². The molecule has 0 radical (unpaired) electrons. The third kappa shape index (κ3) is 3.77. The van der Waals surface area contributed by atoms with Crippen molar-refractivity contribution in [2.75, 3.05) is 13.2 Å². The molecule has 1 aromatic heterocycles. The van der Waals surface area contributed by atoms with Crippen LogP contribution in [0.1, 0.15) is 17.1 Å². The molecule has 1 amide bonds. The SMILES string of the molecule is Cc1cc(=O)[nH]c(CCNC(=O)C2COc3ccccc3C2)n1. The van der Waals surface area contributed by atoms with Gasteiger partial charge in [-0.25, -0.2) is 4.98 Å². The van der Waals surface area contributed by atoms with Crippen molar-refractivity contribution in [2.24, 2.45) is 5.92 Å². The molecule has 3 rings (SSSR count). The third-order valence-corrected chi connectivity index (χ3v) is 3.83. The third-order valence-electron chi connectivity index (χ3n) is 3.83. The van der Waals surface area contributed by atoms with Crippen LogP contribution >= 0.6 is 0 Å². The summed E-state index contributed by atoms with van der Waals surface area (Å²) in [5.74, 6) is 1.22. The van der Waals surface area contributed by atoms with E-state index in [1.54, 1.807) is 6.92 Å². The number of rotatable bonds is 4. The zero-order valence-corrected chi connectivity index (χ0v) is 13.0. The van der Waals surface area contributed by atoms with Crippen molar-refractivity contribution in [3.63, 3.8) is 0 Å². The van der Waals surface area contributed by atoms with Crippen LogP contribution in [0.4, 0.5) is 0 Å². The highest BCUT2D eigenvalue weighted by Gasteiger charge is 2.25. The van der Waals surface area contributed by atoms with Crippen molar-refractivity contribution < 1.29 is 9.53 Å². The number of benzene rings is 1. The average molecular weight is 313 g/mol. The van der Waals surface area contributed by atoms with E-state index in [1.165, 1.54) is 6.07 Å². The van der Waals surface area contributed by atoms with Gasteiger partial charge < -0.3 is 15.0 Å². The van der Waals surface area contributed by atoms with E-state index in [1.807, 2.05) is 24.3 Å². The number of aryl methyl sites for hydroxylation is 1. The summed E-state index contributed by atoms with van der Waals surface area (Å²) in [4.78, 5) is 30.5. The van der Waals surface area contributed by atoms with Gasteiger partial charge >= 0.3 is 0 Å². The van der Waals surface area contributed by atoms with Crippen molar-refractivity contribution in [1.29, 1.82) is 0 Å². The van der Waals surface area contributed by atoms with Gasteiger partial charge in [0.1, 0.15) is 18.2 Å². The summed E-state index contributed by atoms with van der Waals surface area (Å²) < 4.78 is 5.63. The fourth-order valence-electron chi connectivity index (χ4n) is 2.70. The first-order chi connectivity index (χ1) is 11.1. The first-order valence-electron chi connectivity index (χ1n) is 7.67. The van der Waals surface area contributed by atoms with E-state index in [2.05, 4.69) is 15.3 Å². The van der Waals surface area contributed by atoms with Gasteiger partial charge in [-0.15, -0.1) is 0 Å². The van der Waals surface area contributed by atoms with E-state index < -0.39 is 0 Å². The maximum Gasteiger partial charge on any atom is 0.251 e. The zero-order valence-electron chi connectivity index (χ0n) is 13.0. The second-order valence-electron chi connectivity index (χ2n) is 5.69. The fraction of sp³-hybridized carbons (Fsp3) is 0.353. The molecule has 0 aliphatic carbocycles. The number of aromatic nitrogens is 2. The van der Waals surface area contributed by atoms with E-state index in [0.717, 1.165) is 11.3 Å². The molecule has 0 saturated carbocycles. The maximum absolute atomic E-state index is 12.2. The first-order valence-corrected chi connectivity index (χ1v) is 7.67. The molecule has 1 atom stereocenters. The highest BCUT2D eigenvalue weighted by atomic mass is 16.5. The van der Waals surface area contributed by atoms with E-state index in [4.69, 9.17) is 4.74 Å². The fourth-order valence-corrected chi connectivity index (χ4v) is 2.70. The molecule has 1 aromatic carbocycles. The number of nitrogens with zero attached hydrogens (tertiary/aromatic N) is 1. The Morgan fingerprint density at radius 2 is 2.26 bits per heavy atom. The van der Waals surface area contributed by atoms with Crippen LogP contribution in [0.25, 0.3) is 0 Å². The number of carbonyl (C=O) groups is 1. The van der Waals surface area contributed by atoms with Crippen molar-refractivity contribution >= 4 is 5.91 Å². The molecule has 2 aromatic rings. The van der Waals surface area contributed by atoms with Gasteiger partial charge in [0.2, 0.25) is 5.91 Å². The largest absolute Gasteiger partial charge is 0.492 e. The minimum Gasteiger partial charge on any atom is -0.492 e. The van der Waals surface area contributed by atoms with Crippen molar-refractivity contribution in [1.82, 2.24) is 15.3 Å². The summed E-state index contributed by atoms with van der Waals surface area (Å²) in [5.41, 5.74) is 1.56. The number of fused-ring (bicyclic) bond motifs is 1. The van der Waals surface area contributed by atoms with Gasteiger partial charge in [0, 0.05) is 24.7 Å². The summed E-state index contributed by atoms with van der Waals surface area (Å²) in [6, 6.07) is 9.22. The molecule has 0 spiro atoms. The van der Waals surface area contributed by atoms with Crippen LogP contribution in [0.2, 0.25) is 0 Å². The number of carbonyl (C=O) groups excluding carboxylic acids is 1. The molecule has 0 fully saturated rings. The van der Waals surface area contributed by atoms with E-state index in [9.17, 15) is 9.59 Å². The Labute approximate surface area is 133 Å². The molecule has 0 saturated heterocycles. The first kappa shape index (κ1) is 15.3. The van der Waals surface area contributed by atoms with Crippen LogP contribution in [0.5, 0.6) is 5.75 Å². The molecule has 23 heavy (non-hydrogen) atoms. The van der Waals surface area contributed by atoms with Crippen molar-refractivity contribution in [2.45, 2.75) is 19.8 Å². The summed E-state index contributed by atoms with van der Waals surface area (Å²) >= 11 is 0. The second-order valence-corrected chi connectivity index (χ2v) is 5.69. The van der Waals surface area contributed by atoms with Gasteiger partial charge in [0.05, 0.1) is 5.92 Å². The predicted molar refractivity (Wildman–Crippen MR) is 85.4 cm³/mol. The summed E-state index contributed by atoms with van der Waals surface area (Å²) in [6.45, 7) is 2.60. The van der Waals surface area contributed by atoms with Crippen LogP contribution in [0, 0.1) is 12.8 Å². The topological polar surface area (TPSA) is 84.1 Å². The number of nitrogens with one attached hydrogen (secondary N) is 2. The minimum absolute atomic E-state index is 0.0329. The van der Waals surface area contributed by atoms with E-state index in [-0.39, 0.29) is 17.4 Å². The van der Waals surface area contributed by atoms with Crippen LogP contribution in [0.15, 0.2) is 35.1 Å². The van der Waals surface area contributed by atoms with Crippen molar-refractivity contribution in [3.8, 4) is 5.75 Å². The molecular weight excluding hydrogens is 294 g/mol. The lowest BCUT2D eigenvalue weighted by molar-refractivity contribution is -0.126. The highest BCUT2D eigenvalue weighted by Crippen LogP contribution is 2.26. The predicted octanol–water partition coefficient (Wildman–Crippen LogP) is 0.988. The minimum atomic E-state index is -0.186. The maximum atomic E-state index is 12.2. The molecule has 2 N–H and O–H groups in total. The lowest BCUT2D eigenvalue weighted by Gasteiger charge is -2.24. The Morgan fingerprint density at radius 1 is 1.43 bits per heavy atom. The molecule has 0 bridgehead atoms. The van der Waals surface area contributed by atoms with Crippen molar-refractivity contribution in [3.05, 3.63) is 57.8 Å². The van der Waals surface area contributed by atoms with Crippen LogP contribution in [-0.4, -0.2) is 29.0 Å². The van der Waals surface area contributed by atoms with Crippen LogP contribution < -0.4 is 15.6 Å². The van der Waals surface area contributed by atoms with Crippen LogP contribution in [0.3, 0.4) is 0 Å². The van der Waals surface area contributed by atoms with Gasteiger partial charge in [0.25, 0.3) is 5.56 Å². The van der Waals surface area contributed by atoms with Gasteiger partial charge in [0.15, 0.2) is 0 Å². The second kappa shape index (κ2) is 6.64. The Morgan fingerprint density at radius 3 is 3.09 bits per heavy atom. The summed E-state index contributed by atoms with van der Waals surface area (Å²) in [6.07, 6.45) is 1.17. The smallest absolute Gasteiger partial charge is 0.251 e. The molecule has 2 heterocycles. The number of ether oxygens (including phenoxy) is 1. The normalized spacial score (nSPS) is 16.3. The van der Waals surface area contributed by atoms with Gasteiger partial charge in [-0.1, -0.05) is 18.2 Å². The Bertz CT molecular complexity index is 770. The van der Waals surface area contributed by atoms with E-state index in [0.29, 0.717) is 37.5 Å². The number of aromatic amines is 1. The average Bonchev–Trinajstić information content (AvgIpc) is 2.53. The molecule has 1 aliphatic heterocycles. The lowest BCUT2D eigenvalue weighted by Crippen LogP contribution is -2.38. The molecular formula is C17H19N3O3. The van der Waals surface area contributed by atoms with Gasteiger partial charge in [-0.2, -0.15) is 0 Å². The zero-order chi connectivity index (χ0) is 16.2. The Kier molecular flexibility index (Phi) is 4.41. The summed E-state index contributed by atoms with van der Waals surface area (Å²) in [7, 11) is 0. The molecule has 6 heteroatoms. The number of hydrogen-bond donors (Lipinski definition) is 2. The Hall–Kier alpha value is -2.63. The number of para-hydroxylation sites is 1. The number of hydrogen-bond acceptors (Lipinski definition) is 4. The molecule has 1 unspecified atom stereocenters.